The van der Waals surface area contributed by atoms with Gasteiger partial charge >= 0.3 is 17.7 Å². The van der Waals surface area contributed by atoms with Gasteiger partial charge in [0.2, 0.25) is 0 Å². The molecular weight excluding hydrogens is 278 g/mol. The summed E-state index contributed by atoms with van der Waals surface area (Å²) in [7, 11) is 4.20. The number of rotatable bonds is 2. The van der Waals surface area contributed by atoms with Crippen molar-refractivity contribution in [2.75, 3.05) is 21.2 Å². The van der Waals surface area contributed by atoms with Crippen LogP contribution in [0.15, 0.2) is 29.1 Å². The Morgan fingerprint density at radius 2 is 1.86 bits per heavy atom. The first-order valence-electron chi connectivity index (χ1n) is 5.91. The van der Waals surface area contributed by atoms with Crippen LogP contribution in [0.5, 0.6) is 0 Å². The second-order valence-electron chi connectivity index (χ2n) is 4.27. The second kappa shape index (κ2) is 5.57. The van der Waals surface area contributed by atoms with E-state index in [-0.39, 0.29) is 11.3 Å². The summed E-state index contributed by atoms with van der Waals surface area (Å²) in [6.07, 6.45) is 0. The summed E-state index contributed by atoms with van der Waals surface area (Å²) in [6.45, 7) is 0. The lowest BCUT2D eigenvalue weighted by molar-refractivity contribution is 0.0600. The summed E-state index contributed by atoms with van der Waals surface area (Å²) in [4.78, 5) is 36.8. The topological polar surface area (TPSA) is 99.3 Å². The largest absolute Gasteiger partial charge is 0.465 e. The number of methoxy groups -OCH3 is 1. The molecule has 0 saturated heterocycles. The van der Waals surface area contributed by atoms with E-state index < -0.39 is 17.7 Å². The Kier molecular flexibility index (Phi) is 3.83. The fourth-order valence-electron chi connectivity index (χ4n) is 1.65. The van der Waals surface area contributed by atoms with Gasteiger partial charge in [-0.15, -0.1) is 4.68 Å². The molecule has 9 nitrogen and oxygen atoms in total. The first kappa shape index (κ1) is 14.4. The maximum atomic E-state index is 12.2. The fraction of sp³-hybridized carbons (Fsp3) is 0.250. The Bertz CT molecular complexity index is 746. The molecule has 0 fully saturated rings. The molecule has 1 aromatic carbocycles. The Morgan fingerprint density at radius 1 is 1.19 bits per heavy atom. The smallest absolute Gasteiger partial charge is 0.377 e. The monoisotopic (exact) mass is 291 g/mol. The summed E-state index contributed by atoms with van der Waals surface area (Å²) in [5.74, 6) is -0.619. The van der Waals surface area contributed by atoms with Crippen molar-refractivity contribution in [3.63, 3.8) is 0 Å². The molecular formula is C12H13N5O4. The van der Waals surface area contributed by atoms with Crippen LogP contribution < -0.4 is 5.69 Å². The summed E-state index contributed by atoms with van der Waals surface area (Å²) in [6, 6.07) is 5.60. The lowest BCUT2D eigenvalue weighted by Crippen LogP contribution is -2.37. The highest BCUT2D eigenvalue weighted by Crippen LogP contribution is 2.12. The molecule has 0 bridgehead atoms. The highest BCUT2D eigenvalue weighted by Gasteiger charge is 2.20. The molecule has 0 saturated carbocycles. The van der Waals surface area contributed by atoms with Crippen molar-refractivity contribution < 1.29 is 14.3 Å². The van der Waals surface area contributed by atoms with E-state index in [0.717, 1.165) is 4.68 Å². The number of hydrogen-bond donors (Lipinski definition) is 0. The number of benzene rings is 1. The van der Waals surface area contributed by atoms with Gasteiger partial charge in [-0.2, -0.15) is 4.68 Å². The zero-order valence-electron chi connectivity index (χ0n) is 11.7. The molecule has 2 rings (SSSR count). The van der Waals surface area contributed by atoms with E-state index in [2.05, 4.69) is 15.2 Å². The second-order valence-corrected chi connectivity index (χ2v) is 4.27. The van der Waals surface area contributed by atoms with Crippen LogP contribution in [0.3, 0.4) is 0 Å². The van der Waals surface area contributed by atoms with Crippen molar-refractivity contribution in [3.8, 4) is 5.69 Å². The maximum absolute atomic E-state index is 12.2. The summed E-state index contributed by atoms with van der Waals surface area (Å²) < 4.78 is 6.12. The van der Waals surface area contributed by atoms with Crippen LogP contribution in [-0.4, -0.2) is 57.9 Å². The van der Waals surface area contributed by atoms with E-state index in [9.17, 15) is 14.4 Å². The normalized spacial score (nSPS) is 10.2. The molecule has 1 heterocycles. The van der Waals surface area contributed by atoms with Crippen LogP contribution in [-0.2, 0) is 4.74 Å². The Labute approximate surface area is 119 Å². The van der Waals surface area contributed by atoms with Crippen molar-refractivity contribution in [2.24, 2.45) is 0 Å². The summed E-state index contributed by atoms with van der Waals surface area (Å²) in [5.41, 5.74) is -0.441. The predicted molar refractivity (Wildman–Crippen MR) is 71.4 cm³/mol. The highest BCUT2D eigenvalue weighted by molar-refractivity contribution is 5.93. The number of amides is 1. The number of aromatic nitrogens is 4. The first-order chi connectivity index (χ1) is 9.97. The third-order valence-corrected chi connectivity index (χ3v) is 2.68. The van der Waals surface area contributed by atoms with Crippen molar-refractivity contribution >= 4 is 12.0 Å². The molecule has 0 spiro atoms. The minimum absolute atomic E-state index is 0.145. The zero-order valence-corrected chi connectivity index (χ0v) is 11.7. The van der Waals surface area contributed by atoms with E-state index in [1.807, 2.05) is 0 Å². The number of ether oxygens (including phenoxy) is 1. The van der Waals surface area contributed by atoms with Gasteiger partial charge < -0.3 is 9.64 Å². The zero-order chi connectivity index (χ0) is 15.6. The van der Waals surface area contributed by atoms with Crippen molar-refractivity contribution in [2.45, 2.75) is 0 Å². The highest BCUT2D eigenvalue weighted by atomic mass is 16.5. The van der Waals surface area contributed by atoms with Gasteiger partial charge in [-0.05, 0) is 22.6 Å². The van der Waals surface area contributed by atoms with Crippen LogP contribution in [0.2, 0.25) is 0 Å². The van der Waals surface area contributed by atoms with E-state index in [1.165, 1.54) is 38.2 Å². The number of esters is 1. The summed E-state index contributed by atoms with van der Waals surface area (Å²) in [5, 5.41) is 7.14. The number of tetrazole rings is 1. The number of carbonyl (C=O) groups excluding carboxylic acids is 2. The minimum Gasteiger partial charge on any atom is -0.465 e. The van der Waals surface area contributed by atoms with Crippen LogP contribution in [0.1, 0.15) is 10.4 Å². The molecule has 0 aliphatic carbocycles. The summed E-state index contributed by atoms with van der Waals surface area (Å²) >= 11 is 0. The standard InChI is InChI=1S/C12H13N5O4/c1-15(2)11(19)17-12(20)16(13-14-17)9-7-5-4-6-8(9)10(18)21-3/h4-7H,1-3H3. The number of para-hydroxylation sites is 1. The van der Waals surface area contributed by atoms with Crippen LogP contribution in [0.25, 0.3) is 5.69 Å². The molecule has 0 radical (unpaired) electrons. The molecule has 0 atom stereocenters. The average Bonchev–Trinajstić information content (AvgIpc) is 2.87. The first-order valence-corrected chi connectivity index (χ1v) is 5.91. The van der Waals surface area contributed by atoms with Gasteiger partial charge in [0.15, 0.2) is 0 Å². The Morgan fingerprint density at radius 3 is 2.48 bits per heavy atom. The van der Waals surface area contributed by atoms with Crippen molar-refractivity contribution in [3.05, 3.63) is 40.3 Å². The molecule has 0 aliphatic heterocycles. The maximum Gasteiger partial charge on any atom is 0.377 e. The molecule has 21 heavy (non-hydrogen) atoms. The van der Waals surface area contributed by atoms with Gasteiger partial charge in [-0.1, -0.05) is 12.1 Å². The third kappa shape index (κ3) is 2.53. The van der Waals surface area contributed by atoms with Crippen LogP contribution >= 0.6 is 0 Å². The van der Waals surface area contributed by atoms with Crippen molar-refractivity contribution in [1.82, 2.24) is 24.7 Å². The van der Waals surface area contributed by atoms with E-state index in [1.54, 1.807) is 12.1 Å². The lowest BCUT2D eigenvalue weighted by Gasteiger charge is -2.07. The Hall–Kier alpha value is -2.97. The van der Waals surface area contributed by atoms with Crippen molar-refractivity contribution in [1.29, 1.82) is 0 Å². The molecule has 2 aromatic rings. The SMILES string of the molecule is COC(=O)c1ccccc1-n1nnn(C(=O)N(C)C)c1=O. The van der Waals surface area contributed by atoms with E-state index in [4.69, 9.17) is 0 Å². The van der Waals surface area contributed by atoms with Gasteiger partial charge in [-0.3, -0.25) is 0 Å². The van der Waals surface area contributed by atoms with Gasteiger partial charge in [0.05, 0.1) is 18.4 Å². The Balaban J connectivity index is 2.57. The van der Waals surface area contributed by atoms with E-state index in [0.29, 0.717) is 4.68 Å². The fourth-order valence-corrected chi connectivity index (χ4v) is 1.65. The molecule has 0 aliphatic rings. The minimum atomic E-state index is -0.773. The lowest BCUT2D eigenvalue weighted by atomic mass is 10.2. The average molecular weight is 291 g/mol. The predicted octanol–water partition coefficient (Wildman–Crippen LogP) is -0.255. The van der Waals surface area contributed by atoms with E-state index >= 15 is 0 Å². The molecule has 1 aromatic heterocycles. The van der Waals surface area contributed by atoms with Crippen LogP contribution in [0.4, 0.5) is 4.79 Å². The molecule has 9 heteroatoms. The molecule has 1 amide bonds. The molecule has 110 valence electrons. The number of carbonyl (C=O) groups is 2. The van der Waals surface area contributed by atoms with Gasteiger partial charge in [0, 0.05) is 14.1 Å². The molecule has 0 unspecified atom stereocenters. The molecule has 0 N–H and O–H groups in total. The quantitative estimate of drug-likeness (QED) is 0.558. The van der Waals surface area contributed by atoms with Crippen LogP contribution in [0, 0.1) is 0 Å². The number of hydrogen-bond acceptors (Lipinski definition) is 6. The third-order valence-electron chi connectivity index (χ3n) is 2.68. The van der Waals surface area contributed by atoms with Gasteiger partial charge in [0.25, 0.3) is 0 Å². The van der Waals surface area contributed by atoms with Gasteiger partial charge in [-0.25, -0.2) is 14.4 Å². The number of nitrogens with zero attached hydrogens (tertiary/aromatic N) is 5. The van der Waals surface area contributed by atoms with Gasteiger partial charge in [0.1, 0.15) is 0 Å².